The van der Waals surface area contributed by atoms with Crippen molar-refractivity contribution in [1.82, 2.24) is 20.6 Å². The van der Waals surface area contributed by atoms with Crippen molar-refractivity contribution in [3.05, 3.63) is 60.2 Å². The van der Waals surface area contributed by atoms with Crippen LogP contribution in [-0.2, 0) is 0 Å². The van der Waals surface area contributed by atoms with E-state index in [0.717, 1.165) is 24.6 Å². The normalized spacial score (nSPS) is 10.7. The lowest BCUT2D eigenvalue weighted by Gasteiger charge is -2.05. The number of hydrogen-bond acceptors (Lipinski definition) is 8. The molecule has 0 aliphatic heterocycles. The van der Waals surface area contributed by atoms with Crippen molar-refractivity contribution < 1.29 is 9.59 Å². The number of pyridine rings is 2. The van der Waals surface area contributed by atoms with E-state index < -0.39 is 0 Å². The third-order valence-electron chi connectivity index (χ3n) is 3.83. The van der Waals surface area contributed by atoms with Crippen LogP contribution in [-0.4, -0.2) is 59.2 Å². The molecule has 2 aromatic heterocycles. The van der Waals surface area contributed by atoms with Crippen LogP contribution in [0.4, 0.5) is 0 Å². The van der Waals surface area contributed by atoms with Crippen LogP contribution >= 0.6 is 21.6 Å². The van der Waals surface area contributed by atoms with Crippen LogP contribution in [0.2, 0.25) is 0 Å². The second kappa shape index (κ2) is 14.3. The van der Waals surface area contributed by atoms with Gasteiger partial charge < -0.3 is 10.6 Å². The van der Waals surface area contributed by atoms with Gasteiger partial charge in [-0.1, -0.05) is 21.6 Å². The van der Waals surface area contributed by atoms with Crippen molar-refractivity contribution in [2.45, 2.75) is 12.8 Å². The maximum absolute atomic E-state index is 11.9. The topological polar surface area (TPSA) is 84.0 Å². The molecule has 2 N–H and O–H groups in total. The van der Waals surface area contributed by atoms with E-state index in [1.165, 1.54) is 0 Å². The Morgan fingerprint density at radius 2 is 1.21 bits per heavy atom. The van der Waals surface area contributed by atoms with E-state index in [2.05, 4.69) is 20.6 Å². The van der Waals surface area contributed by atoms with Gasteiger partial charge in [-0.2, -0.15) is 0 Å². The van der Waals surface area contributed by atoms with E-state index in [1.807, 2.05) is 21.6 Å². The minimum atomic E-state index is 0.121. The molecule has 0 aliphatic rings. The highest BCUT2D eigenvalue weighted by Gasteiger charge is 2.05. The second-order valence-corrected chi connectivity index (χ2v) is 8.68. The fourth-order valence-corrected chi connectivity index (χ4v) is 4.24. The van der Waals surface area contributed by atoms with Gasteiger partial charge in [0, 0.05) is 86.4 Å². The molecule has 2 aromatic rings. The van der Waals surface area contributed by atoms with Crippen molar-refractivity contribution in [3.8, 4) is 0 Å². The van der Waals surface area contributed by atoms with Crippen molar-refractivity contribution in [1.29, 1.82) is 0 Å². The number of ketones is 2. The fraction of sp³-hybridized carbons (Fsp3) is 0.400. The first-order valence-corrected chi connectivity index (χ1v) is 11.8. The summed E-state index contributed by atoms with van der Waals surface area (Å²) in [5, 5.41) is 6.58. The van der Waals surface area contributed by atoms with E-state index >= 15 is 0 Å². The SMILES string of the molecule is O=C(CCNCCSSCCNCCC(=O)c1cccnc1)c1cccnc1. The van der Waals surface area contributed by atoms with Gasteiger partial charge in [0.2, 0.25) is 0 Å². The second-order valence-electron chi connectivity index (χ2n) is 5.97. The molecule has 0 fully saturated rings. The molecule has 150 valence electrons. The van der Waals surface area contributed by atoms with Gasteiger partial charge in [0.15, 0.2) is 11.6 Å². The molecule has 0 saturated heterocycles. The van der Waals surface area contributed by atoms with Crippen LogP contribution in [0, 0.1) is 0 Å². The fourth-order valence-electron chi connectivity index (χ4n) is 2.34. The molecule has 0 atom stereocenters. The first-order chi connectivity index (χ1) is 13.8. The number of nitrogens with zero attached hydrogens (tertiary/aromatic N) is 2. The Kier molecular flexibility index (Phi) is 11.5. The molecule has 0 amide bonds. The van der Waals surface area contributed by atoms with Crippen molar-refractivity contribution >= 4 is 33.2 Å². The first kappa shape index (κ1) is 22.5. The third-order valence-corrected chi connectivity index (χ3v) is 6.24. The van der Waals surface area contributed by atoms with Crippen molar-refractivity contribution in [3.63, 3.8) is 0 Å². The van der Waals surface area contributed by atoms with Gasteiger partial charge in [0.25, 0.3) is 0 Å². The monoisotopic (exact) mass is 418 g/mol. The minimum absolute atomic E-state index is 0.121. The highest BCUT2D eigenvalue weighted by atomic mass is 33.1. The van der Waals surface area contributed by atoms with E-state index in [1.54, 1.807) is 49.1 Å². The molecular formula is C20H26N4O2S2. The molecule has 0 aromatic carbocycles. The number of aromatic nitrogens is 2. The number of hydrogen-bond donors (Lipinski definition) is 2. The van der Waals surface area contributed by atoms with Crippen LogP contribution in [0.25, 0.3) is 0 Å². The maximum atomic E-state index is 11.9. The van der Waals surface area contributed by atoms with Gasteiger partial charge in [-0.25, -0.2) is 0 Å². The van der Waals surface area contributed by atoms with E-state index in [4.69, 9.17) is 0 Å². The molecule has 0 spiro atoms. The van der Waals surface area contributed by atoms with E-state index in [9.17, 15) is 9.59 Å². The number of carbonyl (C=O) groups excluding carboxylic acids is 2. The summed E-state index contributed by atoms with van der Waals surface area (Å²) in [6, 6.07) is 7.15. The Bertz CT molecular complexity index is 640. The summed E-state index contributed by atoms with van der Waals surface area (Å²) in [7, 11) is 3.63. The number of Topliss-reactive ketones (excluding diaryl/α,β-unsaturated/α-hetero) is 2. The van der Waals surface area contributed by atoms with E-state index in [-0.39, 0.29) is 11.6 Å². The Labute approximate surface area is 174 Å². The maximum Gasteiger partial charge on any atom is 0.165 e. The van der Waals surface area contributed by atoms with Crippen LogP contribution < -0.4 is 10.6 Å². The van der Waals surface area contributed by atoms with Crippen molar-refractivity contribution in [2.75, 3.05) is 37.7 Å². The molecule has 6 nitrogen and oxygen atoms in total. The minimum Gasteiger partial charge on any atom is -0.315 e. The Morgan fingerprint density at radius 3 is 1.61 bits per heavy atom. The van der Waals surface area contributed by atoms with Gasteiger partial charge in [-0.05, 0) is 24.3 Å². The zero-order valence-electron chi connectivity index (χ0n) is 15.8. The number of carbonyl (C=O) groups is 2. The lowest BCUT2D eigenvalue weighted by atomic mass is 10.1. The van der Waals surface area contributed by atoms with Gasteiger partial charge >= 0.3 is 0 Å². The average Bonchev–Trinajstić information content (AvgIpc) is 2.75. The predicted molar refractivity (Wildman–Crippen MR) is 117 cm³/mol. The smallest absolute Gasteiger partial charge is 0.165 e. The standard InChI is InChI=1S/C20H26N4O2S2/c25-19(17-3-1-7-23-15-17)5-9-21-11-13-27-28-14-12-22-10-6-20(26)18-4-2-8-24-16-18/h1-4,7-8,15-16,21-22H,5-6,9-14H2. The van der Waals surface area contributed by atoms with Crippen LogP contribution in [0.15, 0.2) is 49.1 Å². The van der Waals surface area contributed by atoms with Gasteiger partial charge in [0.1, 0.15) is 0 Å². The summed E-state index contributed by atoms with van der Waals surface area (Å²) < 4.78 is 0. The zero-order valence-corrected chi connectivity index (χ0v) is 17.4. The largest absolute Gasteiger partial charge is 0.315 e. The summed E-state index contributed by atoms with van der Waals surface area (Å²) in [5.74, 6) is 2.22. The Morgan fingerprint density at radius 1 is 0.750 bits per heavy atom. The van der Waals surface area contributed by atoms with Crippen molar-refractivity contribution in [2.24, 2.45) is 0 Å². The average molecular weight is 419 g/mol. The Hall–Kier alpha value is -1.74. The quantitative estimate of drug-likeness (QED) is 0.259. The first-order valence-electron chi connectivity index (χ1n) is 9.29. The number of nitrogens with one attached hydrogen (secondary N) is 2. The molecule has 0 unspecified atom stereocenters. The lowest BCUT2D eigenvalue weighted by Crippen LogP contribution is -2.21. The highest BCUT2D eigenvalue weighted by Crippen LogP contribution is 2.19. The van der Waals surface area contributed by atoms with Gasteiger partial charge in [-0.15, -0.1) is 0 Å². The van der Waals surface area contributed by atoms with Gasteiger partial charge in [0.05, 0.1) is 0 Å². The predicted octanol–water partition coefficient (Wildman–Crippen LogP) is 2.88. The Balaban J connectivity index is 1.36. The summed E-state index contributed by atoms with van der Waals surface area (Å²) in [6.07, 6.45) is 7.54. The van der Waals surface area contributed by atoms with Crippen LogP contribution in [0.3, 0.4) is 0 Å². The lowest BCUT2D eigenvalue weighted by molar-refractivity contribution is 0.0974. The summed E-state index contributed by atoms with van der Waals surface area (Å²) >= 11 is 0. The summed E-state index contributed by atoms with van der Waals surface area (Å²) in [6.45, 7) is 3.13. The number of rotatable bonds is 15. The highest BCUT2D eigenvalue weighted by molar-refractivity contribution is 8.76. The molecule has 2 rings (SSSR count). The third kappa shape index (κ3) is 9.45. The molecule has 0 bridgehead atoms. The van der Waals surface area contributed by atoms with Crippen LogP contribution in [0.5, 0.6) is 0 Å². The molecule has 2 heterocycles. The molecular weight excluding hydrogens is 392 g/mol. The summed E-state index contributed by atoms with van der Waals surface area (Å²) in [4.78, 5) is 31.7. The summed E-state index contributed by atoms with van der Waals surface area (Å²) in [5.41, 5.74) is 1.34. The molecule has 8 heteroatoms. The van der Waals surface area contributed by atoms with Crippen LogP contribution in [0.1, 0.15) is 33.6 Å². The molecule has 0 aliphatic carbocycles. The molecule has 28 heavy (non-hydrogen) atoms. The zero-order chi connectivity index (χ0) is 19.9. The van der Waals surface area contributed by atoms with E-state index in [0.29, 0.717) is 37.1 Å². The molecule has 0 saturated carbocycles. The molecule has 0 radical (unpaired) electrons. The van der Waals surface area contributed by atoms with Gasteiger partial charge in [-0.3, -0.25) is 19.6 Å².